The van der Waals surface area contributed by atoms with Gasteiger partial charge in [-0.2, -0.15) is 8.78 Å². The topological polar surface area (TPSA) is 84.2 Å². The van der Waals surface area contributed by atoms with Crippen LogP contribution in [-0.2, 0) is 11.3 Å². The Hall–Kier alpha value is -4.01. The molecular weight excluding hydrogens is 430 g/mol. The number of imidazole rings is 1. The van der Waals surface area contributed by atoms with Crippen molar-refractivity contribution in [1.29, 1.82) is 0 Å². The number of carbonyl (C=O) groups is 1. The minimum atomic E-state index is -2.97. The molecule has 1 aliphatic heterocycles. The summed E-state index contributed by atoms with van der Waals surface area (Å²) in [6.07, 6.45) is 3.47. The van der Waals surface area contributed by atoms with Gasteiger partial charge < -0.3 is 19.0 Å². The Morgan fingerprint density at radius 1 is 1.21 bits per heavy atom. The van der Waals surface area contributed by atoms with Gasteiger partial charge in [0, 0.05) is 35.9 Å². The standard InChI is InChI=1S/C24H18F2N4O3/c25-24(26)33-18-6-5-14(22-15-7-8-27-10-19(15)32-23(18)22)13-9-21(31)30(11-13)12-20-28-16-3-1-2-4-17(16)29-20/h1-8,10,13,24H,9,11-12H2,(H,28,29). The summed E-state index contributed by atoms with van der Waals surface area (Å²) in [6, 6.07) is 12.7. The lowest BCUT2D eigenvalue weighted by atomic mass is 9.93. The SMILES string of the molecule is O=C1CC(c2ccc(OC(F)F)c3oc4cnccc4c23)CN1Cc1nc2ccccc2[nH]1. The second-order valence-electron chi connectivity index (χ2n) is 8.09. The first-order chi connectivity index (χ1) is 16.1. The van der Waals surface area contributed by atoms with E-state index in [0.29, 0.717) is 30.5 Å². The van der Waals surface area contributed by atoms with Crippen molar-refractivity contribution in [3.8, 4) is 5.75 Å². The van der Waals surface area contributed by atoms with Crippen LogP contribution in [0.1, 0.15) is 23.7 Å². The lowest BCUT2D eigenvalue weighted by Gasteiger charge is -2.16. The van der Waals surface area contributed by atoms with Gasteiger partial charge in [-0.3, -0.25) is 9.78 Å². The number of ether oxygens (including phenoxy) is 1. The maximum absolute atomic E-state index is 13.0. The lowest BCUT2D eigenvalue weighted by Crippen LogP contribution is -2.25. The molecule has 1 aliphatic rings. The van der Waals surface area contributed by atoms with Crippen LogP contribution in [0.5, 0.6) is 5.75 Å². The number of hydrogen-bond acceptors (Lipinski definition) is 5. The van der Waals surface area contributed by atoms with Gasteiger partial charge in [-0.1, -0.05) is 18.2 Å². The normalized spacial score (nSPS) is 16.6. The first-order valence-electron chi connectivity index (χ1n) is 10.5. The van der Waals surface area contributed by atoms with Crippen molar-refractivity contribution in [2.24, 2.45) is 0 Å². The first kappa shape index (κ1) is 19.7. The summed E-state index contributed by atoms with van der Waals surface area (Å²) in [5, 5.41) is 1.42. The molecule has 3 aromatic heterocycles. The van der Waals surface area contributed by atoms with E-state index in [-0.39, 0.29) is 23.2 Å². The van der Waals surface area contributed by atoms with E-state index < -0.39 is 6.61 Å². The first-order valence-corrected chi connectivity index (χ1v) is 10.5. The molecule has 4 heterocycles. The molecule has 1 saturated heterocycles. The largest absolute Gasteiger partial charge is 0.451 e. The van der Waals surface area contributed by atoms with Gasteiger partial charge in [-0.25, -0.2) is 4.98 Å². The third-order valence-corrected chi connectivity index (χ3v) is 6.07. The highest BCUT2D eigenvalue weighted by atomic mass is 19.3. The summed E-state index contributed by atoms with van der Waals surface area (Å²) >= 11 is 0. The van der Waals surface area contributed by atoms with Gasteiger partial charge in [0.15, 0.2) is 16.9 Å². The second-order valence-corrected chi connectivity index (χ2v) is 8.09. The van der Waals surface area contributed by atoms with Crippen LogP contribution in [0.4, 0.5) is 8.78 Å². The minimum absolute atomic E-state index is 0.0102. The zero-order chi connectivity index (χ0) is 22.5. The zero-order valence-electron chi connectivity index (χ0n) is 17.3. The van der Waals surface area contributed by atoms with E-state index in [1.807, 2.05) is 24.3 Å². The number of pyridine rings is 1. The number of H-pyrrole nitrogens is 1. The number of furan rings is 1. The Balaban J connectivity index is 1.36. The zero-order valence-corrected chi connectivity index (χ0v) is 17.3. The summed E-state index contributed by atoms with van der Waals surface area (Å²) in [4.78, 5) is 26.5. The quantitative estimate of drug-likeness (QED) is 0.410. The number of alkyl halides is 2. The molecule has 7 nitrogen and oxygen atoms in total. The predicted molar refractivity (Wildman–Crippen MR) is 117 cm³/mol. The van der Waals surface area contributed by atoms with E-state index in [1.54, 1.807) is 29.4 Å². The van der Waals surface area contributed by atoms with Crippen LogP contribution in [0.25, 0.3) is 33.0 Å². The molecule has 166 valence electrons. The highest BCUT2D eigenvalue weighted by Gasteiger charge is 2.33. The van der Waals surface area contributed by atoms with E-state index in [0.717, 1.165) is 27.8 Å². The van der Waals surface area contributed by atoms with Gasteiger partial charge in [-0.15, -0.1) is 0 Å². The van der Waals surface area contributed by atoms with Crippen molar-refractivity contribution >= 4 is 38.9 Å². The Morgan fingerprint density at radius 3 is 2.94 bits per heavy atom. The number of nitrogens with zero attached hydrogens (tertiary/aromatic N) is 3. The maximum atomic E-state index is 13.0. The maximum Gasteiger partial charge on any atom is 0.387 e. The summed E-state index contributed by atoms with van der Waals surface area (Å²) in [7, 11) is 0. The second kappa shape index (κ2) is 7.54. The van der Waals surface area contributed by atoms with E-state index in [4.69, 9.17) is 4.42 Å². The number of para-hydroxylation sites is 2. The molecule has 0 bridgehead atoms. The van der Waals surface area contributed by atoms with E-state index in [9.17, 15) is 13.6 Å². The van der Waals surface area contributed by atoms with E-state index >= 15 is 0 Å². The molecule has 0 spiro atoms. The van der Waals surface area contributed by atoms with E-state index in [2.05, 4.69) is 19.7 Å². The van der Waals surface area contributed by atoms with Gasteiger partial charge in [-0.05, 0) is 29.8 Å². The van der Waals surface area contributed by atoms with Crippen molar-refractivity contribution in [3.63, 3.8) is 0 Å². The van der Waals surface area contributed by atoms with Crippen molar-refractivity contribution in [3.05, 3.63) is 66.2 Å². The fraction of sp³-hybridized carbons (Fsp3) is 0.208. The average molecular weight is 448 g/mol. The van der Waals surface area contributed by atoms with Crippen LogP contribution in [0.2, 0.25) is 0 Å². The number of halogens is 2. The molecule has 6 rings (SSSR count). The van der Waals surface area contributed by atoms with Gasteiger partial charge in [0.25, 0.3) is 0 Å². The molecule has 9 heteroatoms. The van der Waals surface area contributed by atoms with Crippen LogP contribution in [0.15, 0.2) is 59.3 Å². The third-order valence-electron chi connectivity index (χ3n) is 6.07. The number of hydrogen-bond donors (Lipinski definition) is 1. The number of aromatic amines is 1. The molecule has 1 unspecified atom stereocenters. The van der Waals surface area contributed by atoms with Crippen molar-refractivity contribution in [1.82, 2.24) is 19.9 Å². The number of carbonyl (C=O) groups excluding carboxylic acids is 1. The average Bonchev–Trinajstić information content (AvgIpc) is 3.49. The molecule has 2 aromatic carbocycles. The fourth-order valence-corrected chi connectivity index (χ4v) is 4.66. The van der Waals surface area contributed by atoms with Crippen LogP contribution in [0, 0.1) is 0 Å². The summed E-state index contributed by atoms with van der Waals surface area (Å²) in [5.74, 6) is 0.564. The molecule has 1 atom stereocenters. The molecule has 0 radical (unpaired) electrons. The monoisotopic (exact) mass is 448 g/mol. The van der Waals surface area contributed by atoms with Gasteiger partial charge in [0.2, 0.25) is 5.91 Å². The van der Waals surface area contributed by atoms with Crippen molar-refractivity contribution < 1.29 is 22.7 Å². The van der Waals surface area contributed by atoms with Crippen LogP contribution in [-0.4, -0.2) is 38.9 Å². The molecule has 0 saturated carbocycles. The molecule has 1 fully saturated rings. The molecule has 33 heavy (non-hydrogen) atoms. The predicted octanol–water partition coefficient (Wildman–Crippen LogP) is 4.97. The van der Waals surface area contributed by atoms with Gasteiger partial charge >= 0.3 is 6.61 Å². The molecule has 1 N–H and O–H groups in total. The Kier molecular flexibility index (Phi) is 4.49. The Bertz CT molecular complexity index is 1480. The minimum Gasteiger partial charge on any atom is -0.451 e. The highest BCUT2D eigenvalue weighted by molar-refractivity contribution is 6.08. The van der Waals surface area contributed by atoms with E-state index in [1.165, 1.54) is 6.07 Å². The number of fused-ring (bicyclic) bond motifs is 4. The molecule has 0 aliphatic carbocycles. The number of likely N-dealkylation sites (tertiary alicyclic amines) is 1. The molecule has 5 aromatic rings. The number of nitrogens with one attached hydrogen (secondary N) is 1. The fourth-order valence-electron chi connectivity index (χ4n) is 4.66. The molecular formula is C24H18F2N4O3. The third kappa shape index (κ3) is 3.36. The number of benzene rings is 2. The number of aromatic nitrogens is 3. The summed E-state index contributed by atoms with van der Waals surface area (Å²) < 4.78 is 36.4. The van der Waals surface area contributed by atoms with Crippen molar-refractivity contribution in [2.75, 3.05) is 6.54 Å². The Labute approximate surface area is 186 Å². The van der Waals surface area contributed by atoms with Crippen LogP contribution in [0.3, 0.4) is 0 Å². The van der Waals surface area contributed by atoms with Crippen LogP contribution >= 0.6 is 0 Å². The van der Waals surface area contributed by atoms with Crippen LogP contribution < -0.4 is 4.74 Å². The number of amides is 1. The lowest BCUT2D eigenvalue weighted by molar-refractivity contribution is -0.128. The summed E-state index contributed by atoms with van der Waals surface area (Å²) in [6.45, 7) is -2.12. The van der Waals surface area contributed by atoms with Crippen molar-refractivity contribution in [2.45, 2.75) is 25.5 Å². The Morgan fingerprint density at radius 2 is 2.09 bits per heavy atom. The highest BCUT2D eigenvalue weighted by Crippen LogP contribution is 2.42. The summed E-state index contributed by atoms with van der Waals surface area (Å²) in [5.41, 5.74) is 3.34. The van der Waals surface area contributed by atoms with Gasteiger partial charge in [0.1, 0.15) is 5.82 Å². The number of rotatable bonds is 5. The van der Waals surface area contributed by atoms with Gasteiger partial charge in [0.05, 0.1) is 23.8 Å². The molecule has 1 amide bonds. The smallest absolute Gasteiger partial charge is 0.387 e.